The van der Waals surface area contributed by atoms with E-state index in [0.29, 0.717) is 17.4 Å². The maximum absolute atomic E-state index is 12.1. The van der Waals surface area contributed by atoms with Crippen molar-refractivity contribution in [2.75, 3.05) is 0 Å². The molecule has 7 nitrogen and oxygen atoms in total. The Kier molecular flexibility index (Phi) is 4.69. The standard InChI is InChI=1S/C17H19N5O2/c1-3-4-13-9-14(21-20-13)16(23)18-10-15-19-17(24-22-15)12-7-5-11(2)6-8-12/h5-9H,3-4,10H2,1-2H3,(H,18,23)(H,20,21). The monoisotopic (exact) mass is 325 g/mol. The van der Waals surface area contributed by atoms with E-state index in [2.05, 4.69) is 32.6 Å². The summed E-state index contributed by atoms with van der Waals surface area (Å²) in [5.41, 5.74) is 3.32. The molecule has 0 aliphatic carbocycles. The Bertz CT molecular complexity index is 820. The number of amides is 1. The van der Waals surface area contributed by atoms with Crippen LogP contribution in [0.15, 0.2) is 34.9 Å². The van der Waals surface area contributed by atoms with Gasteiger partial charge in [-0.15, -0.1) is 0 Å². The molecule has 0 spiro atoms. The number of carbonyl (C=O) groups excluding carboxylic acids is 1. The first-order valence-corrected chi connectivity index (χ1v) is 7.88. The van der Waals surface area contributed by atoms with E-state index in [1.807, 2.05) is 31.2 Å². The molecular formula is C17H19N5O2. The molecule has 1 amide bonds. The number of aromatic nitrogens is 4. The molecule has 0 saturated carbocycles. The first-order chi connectivity index (χ1) is 11.7. The lowest BCUT2D eigenvalue weighted by Gasteiger charge is -1.98. The van der Waals surface area contributed by atoms with E-state index >= 15 is 0 Å². The largest absolute Gasteiger partial charge is 0.343 e. The minimum atomic E-state index is -0.268. The van der Waals surface area contributed by atoms with Gasteiger partial charge in [0, 0.05) is 11.3 Å². The lowest BCUT2D eigenvalue weighted by molar-refractivity contribution is 0.0944. The second kappa shape index (κ2) is 7.08. The van der Waals surface area contributed by atoms with E-state index in [1.165, 1.54) is 0 Å². The zero-order valence-corrected chi connectivity index (χ0v) is 13.7. The number of rotatable bonds is 6. The summed E-state index contributed by atoms with van der Waals surface area (Å²) >= 11 is 0. The third-order valence-corrected chi connectivity index (χ3v) is 3.56. The molecule has 7 heteroatoms. The number of nitrogens with zero attached hydrogens (tertiary/aromatic N) is 3. The summed E-state index contributed by atoms with van der Waals surface area (Å²) in [4.78, 5) is 16.4. The Morgan fingerprint density at radius 3 is 2.83 bits per heavy atom. The van der Waals surface area contributed by atoms with Crippen molar-refractivity contribution in [1.29, 1.82) is 0 Å². The van der Waals surface area contributed by atoms with Crippen LogP contribution in [0.2, 0.25) is 0 Å². The van der Waals surface area contributed by atoms with E-state index in [0.717, 1.165) is 29.7 Å². The van der Waals surface area contributed by atoms with Crippen LogP contribution in [-0.2, 0) is 13.0 Å². The number of aryl methyl sites for hydroxylation is 2. The Morgan fingerprint density at radius 1 is 1.29 bits per heavy atom. The molecule has 2 aromatic heterocycles. The van der Waals surface area contributed by atoms with Crippen molar-refractivity contribution in [2.24, 2.45) is 0 Å². The molecule has 124 valence electrons. The van der Waals surface area contributed by atoms with Gasteiger partial charge in [-0.2, -0.15) is 10.1 Å². The fraction of sp³-hybridized carbons (Fsp3) is 0.294. The van der Waals surface area contributed by atoms with Crippen molar-refractivity contribution >= 4 is 5.91 Å². The molecule has 0 radical (unpaired) electrons. The van der Waals surface area contributed by atoms with Gasteiger partial charge in [-0.25, -0.2) is 0 Å². The quantitative estimate of drug-likeness (QED) is 0.726. The molecule has 0 fully saturated rings. The Labute approximate surface area is 139 Å². The van der Waals surface area contributed by atoms with Gasteiger partial charge in [0.25, 0.3) is 11.8 Å². The summed E-state index contributed by atoms with van der Waals surface area (Å²) in [6.07, 6.45) is 1.86. The van der Waals surface area contributed by atoms with Gasteiger partial charge in [-0.3, -0.25) is 9.89 Å². The highest BCUT2D eigenvalue weighted by atomic mass is 16.5. The molecule has 24 heavy (non-hydrogen) atoms. The maximum atomic E-state index is 12.1. The highest BCUT2D eigenvalue weighted by Gasteiger charge is 2.13. The smallest absolute Gasteiger partial charge is 0.272 e. The van der Waals surface area contributed by atoms with Gasteiger partial charge < -0.3 is 9.84 Å². The first kappa shape index (κ1) is 15.9. The Hall–Kier alpha value is -2.96. The van der Waals surface area contributed by atoms with Crippen molar-refractivity contribution in [1.82, 2.24) is 25.7 Å². The van der Waals surface area contributed by atoms with Crippen LogP contribution in [-0.4, -0.2) is 26.2 Å². The lowest BCUT2D eigenvalue weighted by Crippen LogP contribution is -2.23. The summed E-state index contributed by atoms with van der Waals surface area (Å²) in [6, 6.07) is 9.56. The zero-order valence-electron chi connectivity index (χ0n) is 13.7. The van der Waals surface area contributed by atoms with Gasteiger partial charge in [0.05, 0.1) is 6.54 Å². The summed E-state index contributed by atoms with van der Waals surface area (Å²) < 4.78 is 5.23. The number of H-pyrrole nitrogens is 1. The van der Waals surface area contributed by atoms with Crippen LogP contribution in [0.1, 0.15) is 40.9 Å². The average Bonchev–Trinajstić information content (AvgIpc) is 3.23. The summed E-state index contributed by atoms with van der Waals surface area (Å²) in [5.74, 6) is 0.586. The molecule has 0 aliphatic heterocycles. The molecule has 0 bridgehead atoms. The fourth-order valence-corrected chi connectivity index (χ4v) is 2.26. The van der Waals surface area contributed by atoms with Crippen LogP contribution < -0.4 is 5.32 Å². The number of aromatic amines is 1. The van der Waals surface area contributed by atoms with Gasteiger partial charge in [-0.05, 0) is 31.5 Å². The molecule has 0 atom stereocenters. The van der Waals surface area contributed by atoms with Crippen LogP contribution >= 0.6 is 0 Å². The number of hydrogen-bond acceptors (Lipinski definition) is 5. The van der Waals surface area contributed by atoms with Gasteiger partial charge in [0.1, 0.15) is 5.69 Å². The minimum Gasteiger partial charge on any atom is -0.343 e. The lowest BCUT2D eigenvalue weighted by atomic mass is 10.1. The third-order valence-electron chi connectivity index (χ3n) is 3.56. The van der Waals surface area contributed by atoms with E-state index in [9.17, 15) is 4.79 Å². The number of nitrogens with one attached hydrogen (secondary N) is 2. The Balaban J connectivity index is 1.60. The highest BCUT2D eigenvalue weighted by Crippen LogP contribution is 2.17. The van der Waals surface area contributed by atoms with E-state index < -0.39 is 0 Å². The van der Waals surface area contributed by atoms with Crippen LogP contribution in [0.25, 0.3) is 11.5 Å². The molecule has 0 unspecified atom stereocenters. The SMILES string of the molecule is CCCc1cc(C(=O)NCc2noc(-c3ccc(C)cc3)n2)n[nH]1. The second-order valence-corrected chi connectivity index (χ2v) is 5.59. The molecule has 3 aromatic rings. The topological polar surface area (TPSA) is 96.7 Å². The van der Waals surface area contributed by atoms with Crippen LogP contribution in [0.3, 0.4) is 0 Å². The molecular weight excluding hydrogens is 306 g/mol. The molecule has 0 saturated heterocycles. The van der Waals surface area contributed by atoms with Gasteiger partial charge in [-0.1, -0.05) is 36.2 Å². The van der Waals surface area contributed by atoms with E-state index in [1.54, 1.807) is 6.07 Å². The van der Waals surface area contributed by atoms with Crippen LogP contribution in [0, 0.1) is 6.92 Å². The van der Waals surface area contributed by atoms with Crippen molar-refractivity contribution in [3.63, 3.8) is 0 Å². The number of hydrogen-bond donors (Lipinski definition) is 2. The molecule has 0 aliphatic rings. The molecule has 2 N–H and O–H groups in total. The number of benzene rings is 1. The maximum Gasteiger partial charge on any atom is 0.272 e. The third kappa shape index (κ3) is 3.68. The molecule has 2 heterocycles. The highest BCUT2D eigenvalue weighted by molar-refractivity contribution is 5.92. The predicted molar refractivity (Wildman–Crippen MR) is 88.2 cm³/mol. The summed E-state index contributed by atoms with van der Waals surface area (Å²) in [7, 11) is 0. The van der Waals surface area contributed by atoms with Crippen molar-refractivity contribution in [3.05, 3.63) is 53.1 Å². The minimum absolute atomic E-state index is 0.185. The van der Waals surface area contributed by atoms with Crippen molar-refractivity contribution in [3.8, 4) is 11.5 Å². The van der Waals surface area contributed by atoms with Crippen LogP contribution in [0.4, 0.5) is 0 Å². The normalized spacial score (nSPS) is 10.8. The second-order valence-electron chi connectivity index (χ2n) is 5.59. The summed E-state index contributed by atoms with van der Waals surface area (Å²) in [6.45, 7) is 4.27. The van der Waals surface area contributed by atoms with Gasteiger partial charge in [0.2, 0.25) is 0 Å². The molecule has 1 aromatic carbocycles. The van der Waals surface area contributed by atoms with Gasteiger partial charge in [0.15, 0.2) is 5.82 Å². The fourth-order valence-electron chi connectivity index (χ4n) is 2.26. The summed E-state index contributed by atoms with van der Waals surface area (Å²) in [5, 5.41) is 13.5. The van der Waals surface area contributed by atoms with E-state index in [-0.39, 0.29) is 12.5 Å². The number of carbonyl (C=O) groups is 1. The predicted octanol–water partition coefficient (Wildman–Crippen LogP) is 2.65. The van der Waals surface area contributed by atoms with Crippen molar-refractivity contribution < 1.29 is 9.32 Å². The van der Waals surface area contributed by atoms with E-state index in [4.69, 9.17) is 4.52 Å². The van der Waals surface area contributed by atoms with Gasteiger partial charge >= 0.3 is 0 Å². The Morgan fingerprint density at radius 2 is 2.08 bits per heavy atom. The average molecular weight is 325 g/mol. The van der Waals surface area contributed by atoms with Crippen molar-refractivity contribution in [2.45, 2.75) is 33.2 Å². The van der Waals surface area contributed by atoms with Crippen LogP contribution in [0.5, 0.6) is 0 Å². The zero-order chi connectivity index (χ0) is 16.9. The first-order valence-electron chi connectivity index (χ1n) is 7.88. The molecule has 3 rings (SSSR count).